The summed E-state index contributed by atoms with van der Waals surface area (Å²) in [5, 5.41) is 15.9. The number of nitrogens with one attached hydrogen (secondary N) is 1. The number of nitro groups is 1. The Bertz CT molecular complexity index is 1020. The average molecular weight is 460 g/mol. The molecule has 3 rings (SSSR count). The third-order valence-corrected chi connectivity index (χ3v) is 4.93. The van der Waals surface area contributed by atoms with Gasteiger partial charge in [-0.2, -0.15) is 5.10 Å². The first-order chi connectivity index (χ1) is 13.5. The maximum atomic E-state index is 12.1. The Morgan fingerprint density at radius 2 is 2.04 bits per heavy atom. The zero-order valence-electron chi connectivity index (χ0n) is 14.4. The van der Waals surface area contributed by atoms with E-state index in [0.29, 0.717) is 22.8 Å². The van der Waals surface area contributed by atoms with Crippen molar-refractivity contribution in [3.8, 4) is 5.75 Å². The van der Waals surface area contributed by atoms with Gasteiger partial charge in [-0.15, -0.1) is 11.3 Å². The van der Waals surface area contributed by atoms with Gasteiger partial charge in [0.05, 0.1) is 21.4 Å². The van der Waals surface area contributed by atoms with E-state index in [1.54, 1.807) is 24.3 Å². The van der Waals surface area contributed by atoms with Crippen molar-refractivity contribution in [1.29, 1.82) is 0 Å². The van der Waals surface area contributed by atoms with E-state index in [9.17, 15) is 14.9 Å². The summed E-state index contributed by atoms with van der Waals surface area (Å²) in [7, 11) is 0. The molecule has 0 atom stereocenters. The molecule has 3 aromatic rings. The molecule has 0 aliphatic carbocycles. The summed E-state index contributed by atoms with van der Waals surface area (Å²) in [6.07, 6.45) is 1.37. The van der Waals surface area contributed by atoms with Gasteiger partial charge in [0.2, 0.25) is 0 Å². The molecule has 28 heavy (non-hydrogen) atoms. The van der Waals surface area contributed by atoms with Crippen molar-refractivity contribution in [3.05, 3.63) is 90.6 Å². The zero-order valence-corrected chi connectivity index (χ0v) is 16.8. The highest BCUT2D eigenvalue weighted by Crippen LogP contribution is 2.19. The summed E-state index contributed by atoms with van der Waals surface area (Å²) in [6, 6.07) is 15.9. The Kier molecular flexibility index (Phi) is 6.51. The number of nitrogens with zero attached hydrogens (tertiary/aromatic N) is 2. The van der Waals surface area contributed by atoms with E-state index in [1.165, 1.54) is 29.0 Å². The van der Waals surface area contributed by atoms with E-state index in [-0.39, 0.29) is 11.6 Å². The Labute approximate surface area is 172 Å². The Balaban J connectivity index is 1.52. The Hall–Kier alpha value is -3.04. The summed E-state index contributed by atoms with van der Waals surface area (Å²) >= 11 is 4.59. The van der Waals surface area contributed by atoms with Crippen LogP contribution in [0, 0.1) is 10.1 Å². The van der Waals surface area contributed by atoms with Crippen molar-refractivity contribution < 1.29 is 14.5 Å². The average Bonchev–Trinajstić information content (AvgIpc) is 3.16. The van der Waals surface area contributed by atoms with Gasteiger partial charge in [-0.3, -0.25) is 14.9 Å². The fraction of sp³-hybridized carbons (Fsp3) is 0.0526. The van der Waals surface area contributed by atoms with Gasteiger partial charge >= 0.3 is 0 Å². The van der Waals surface area contributed by atoms with Crippen LogP contribution in [0.15, 0.2) is 69.6 Å². The van der Waals surface area contributed by atoms with Crippen molar-refractivity contribution in [1.82, 2.24) is 5.43 Å². The van der Waals surface area contributed by atoms with Crippen LogP contribution < -0.4 is 10.2 Å². The van der Waals surface area contributed by atoms with Crippen LogP contribution in [0.4, 0.5) is 5.69 Å². The second-order valence-corrected chi connectivity index (χ2v) is 7.46. The lowest BCUT2D eigenvalue weighted by Crippen LogP contribution is -2.17. The number of hydrogen-bond donors (Lipinski definition) is 1. The molecule has 0 saturated carbocycles. The number of carbonyl (C=O) groups excluding carboxylic acids is 1. The first kappa shape index (κ1) is 19.7. The largest absolute Gasteiger partial charge is 0.489 e. The number of hydrazone groups is 1. The topological polar surface area (TPSA) is 93.8 Å². The lowest BCUT2D eigenvalue weighted by atomic mass is 10.2. The van der Waals surface area contributed by atoms with Gasteiger partial charge in [-0.1, -0.05) is 28.1 Å². The van der Waals surface area contributed by atoms with Crippen molar-refractivity contribution in [3.63, 3.8) is 0 Å². The molecule has 0 radical (unpaired) electrons. The molecule has 142 valence electrons. The summed E-state index contributed by atoms with van der Waals surface area (Å²) < 4.78 is 6.69. The van der Waals surface area contributed by atoms with Crippen molar-refractivity contribution in [2.24, 2.45) is 5.10 Å². The molecular formula is C19H14BrN3O4S. The minimum Gasteiger partial charge on any atom is -0.489 e. The van der Waals surface area contributed by atoms with Gasteiger partial charge in [-0.25, -0.2) is 5.43 Å². The van der Waals surface area contributed by atoms with Crippen LogP contribution >= 0.6 is 27.3 Å². The summed E-state index contributed by atoms with van der Waals surface area (Å²) in [5.41, 5.74) is 3.83. The third-order valence-electron chi connectivity index (χ3n) is 3.59. The lowest BCUT2D eigenvalue weighted by Gasteiger charge is -2.07. The number of halogens is 1. The number of amides is 1. The minimum atomic E-state index is -0.479. The normalized spacial score (nSPS) is 10.8. The van der Waals surface area contributed by atoms with Crippen molar-refractivity contribution >= 4 is 45.1 Å². The molecule has 0 fully saturated rings. The highest BCUT2D eigenvalue weighted by atomic mass is 79.9. The van der Waals surface area contributed by atoms with Gasteiger partial charge in [0, 0.05) is 16.1 Å². The van der Waals surface area contributed by atoms with E-state index in [4.69, 9.17) is 4.74 Å². The quantitative estimate of drug-likeness (QED) is 0.313. The Morgan fingerprint density at radius 1 is 1.25 bits per heavy atom. The van der Waals surface area contributed by atoms with Crippen LogP contribution in [0.3, 0.4) is 0 Å². The molecule has 9 heteroatoms. The molecule has 0 spiro atoms. The molecule has 1 aromatic heterocycles. The Morgan fingerprint density at radius 3 is 2.71 bits per heavy atom. The fourth-order valence-electron chi connectivity index (χ4n) is 2.22. The highest BCUT2D eigenvalue weighted by molar-refractivity contribution is 9.10. The molecule has 0 bridgehead atoms. The molecule has 0 unspecified atom stereocenters. The van der Waals surface area contributed by atoms with Crippen LogP contribution in [0.5, 0.6) is 5.75 Å². The molecule has 1 heterocycles. The van der Waals surface area contributed by atoms with Gasteiger partial charge in [0.25, 0.3) is 11.6 Å². The van der Waals surface area contributed by atoms with Gasteiger partial charge in [0.15, 0.2) is 0 Å². The molecular weight excluding hydrogens is 446 g/mol. The van der Waals surface area contributed by atoms with Crippen LogP contribution in [0.1, 0.15) is 20.8 Å². The maximum Gasteiger partial charge on any atom is 0.280 e. The fourth-order valence-corrected chi connectivity index (χ4v) is 3.38. The molecule has 1 N–H and O–H groups in total. The minimum absolute atomic E-state index is 0.00349. The molecule has 0 aliphatic rings. The number of ether oxygens (including phenoxy) is 1. The zero-order chi connectivity index (χ0) is 19.9. The predicted octanol–water partition coefficient (Wildman–Crippen LogP) is 4.76. The number of hydrogen-bond acceptors (Lipinski definition) is 6. The first-order valence-corrected chi connectivity index (χ1v) is 9.72. The van der Waals surface area contributed by atoms with E-state index in [1.807, 2.05) is 24.3 Å². The SMILES string of the molecule is O=C(NN=Cc1cc([N+](=O)[O-])cs1)c1ccc(OCc2cccc(Br)c2)cc1. The van der Waals surface area contributed by atoms with Crippen LogP contribution in [0.2, 0.25) is 0 Å². The third kappa shape index (κ3) is 5.48. The lowest BCUT2D eigenvalue weighted by molar-refractivity contribution is -0.384. The molecule has 7 nitrogen and oxygen atoms in total. The van der Waals surface area contributed by atoms with Crippen LogP contribution in [-0.4, -0.2) is 17.0 Å². The van der Waals surface area contributed by atoms with Crippen LogP contribution in [0.25, 0.3) is 0 Å². The summed E-state index contributed by atoms with van der Waals surface area (Å²) in [4.78, 5) is 22.8. The molecule has 1 amide bonds. The molecule has 2 aromatic carbocycles. The van der Waals surface area contributed by atoms with E-state index >= 15 is 0 Å². The van der Waals surface area contributed by atoms with Gasteiger partial charge in [0.1, 0.15) is 12.4 Å². The highest BCUT2D eigenvalue weighted by Gasteiger charge is 2.08. The summed E-state index contributed by atoms with van der Waals surface area (Å²) in [6.45, 7) is 0.419. The predicted molar refractivity (Wildman–Crippen MR) is 111 cm³/mol. The van der Waals surface area contributed by atoms with Crippen molar-refractivity contribution in [2.45, 2.75) is 6.61 Å². The van der Waals surface area contributed by atoms with E-state index < -0.39 is 4.92 Å². The number of carbonyl (C=O) groups is 1. The number of rotatable bonds is 7. The second-order valence-electron chi connectivity index (χ2n) is 5.61. The number of benzene rings is 2. The van der Waals surface area contributed by atoms with Crippen LogP contribution in [-0.2, 0) is 6.61 Å². The molecule has 0 saturated heterocycles. The standard InChI is InChI=1S/C19H14BrN3O4S/c20-15-3-1-2-13(8-15)11-27-17-6-4-14(5-7-17)19(24)22-21-10-18-9-16(12-28-18)23(25)26/h1-10,12H,11H2,(H,22,24). The monoisotopic (exact) mass is 459 g/mol. The number of thiophene rings is 1. The smallest absolute Gasteiger partial charge is 0.280 e. The maximum absolute atomic E-state index is 12.1. The van der Waals surface area contributed by atoms with Gasteiger partial charge in [-0.05, 0) is 42.0 Å². The molecule has 0 aliphatic heterocycles. The first-order valence-electron chi connectivity index (χ1n) is 8.05. The second kappa shape index (κ2) is 9.25. The van der Waals surface area contributed by atoms with E-state index in [2.05, 4.69) is 26.5 Å². The van der Waals surface area contributed by atoms with E-state index in [0.717, 1.165) is 10.0 Å². The summed E-state index contributed by atoms with van der Waals surface area (Å²) in [5.74, 6) is 0.256. The van der Waals surface area contributed by atoms with Gasteiger partial charge < -0.3 is 4.74 Å². The van der Waals surface area contributed by atoms with Crippen molar-refractivity contribution in [2.75, 3.05) is 0 Å².